The number of amides is 1. The topological polar surface area (TPSA) is 75.5 Å². The Morgan fingerprint density at radius 1 is 1.47 bits per heavy atom. The molecule has 0 saturated heterocycles. The van der Waals surface area contributed by atoms with Gasteiger partial charge in [0.05, 0.1) is 4.92 Å². The maximum absolute atomic E-state index is 13.7. The van der Waals surface area contributed by atoms with Crippen molar-refractivity contribution in [2.24, 2.45) is 0 Å². The van der Waals surface area contributed by atoms with Gasteiger partial charge in [0.15, 0.2) is 0 Å². The molecule has 0 spiro atoms. The van der Waals surface area contributed by atoms with E-state index in [0.29, 0.717) is 13.0 Å². The molecule has 0 aromatic heterocycles. The third kappa shape index (κ3) is 4.29. The van der Waals surface area contributed by atoms with Crippen molar-refractivity contribution in [3.8, 4) is 0 Å². The standard InChI is InChI=1S/C12H16FN3O3/c1-15(2)11(17)6-7-14-8-9-4-3-5-10(12(9)13)16(18)19/h3-5,14H,6-8H2,1-2H3. The van der Waals surface area contributed by atoms with E-state index in [1.54, 1.807) is 14.1 Å². The summed E-state index contributed by atoms with van der Waals surface area (Å²) in [4.78, 5) is 22.6. The fourth-order valence-electron chi connectivity index (χ4n) is 1.49. The maximum atomic E-state index is 13.7. The lowest BCUT2D eigenvalue weighted by atomic mass is 10.2. The number of nitro benzene ring substituents is 1. The minimum absolute atomic E-state index is 0.0352. The second-order valence-electron chi connectivity index (χ2n) is 4.22. The number of rotatable bonds is 6. The molecule has 0 saturated carbocycles. The van der Waals surface area contributed by atoms with Gasteiger partial charge in [0.25, 0.3) is 0 Å². The molecule has 0 bridgehead atoms. The van der Waals surface area contributed by atoms with Gasteiger partial charge in [-0.05, 0) is 0 Å². The van der Waals surface area contributed by atoms with E-state index in [1.807, 2.05) is 0 Å². The Balaban J connectivity index is 2.53. The number of carbonyl (C=O) groups is 1. The van der Waals surface area contributed by atoms with Crippen molar-refractivity contribution in [3.63, 3.8) is 0 Å². The Hall–Kier alpha value is -2.02. The van der Waals surface area contributed by atoms with E-state index < -0.39 is 16.4 Å². The summed E-state index contributed by atoms with van der Waals surface area (Å²) in [6.07, 6.45) is 0.295. The molecule has 0 unspecified atom stereocenters. The molecule has 7 heteroatoms. The zero-order chi connectivity index (χ0) is 14.4. The molecule has 0 radical (unpaired) electrons. The summed E-state index contributed by atoms with van der Waals surface area (Å²) in [5.41, 5.74) is -0.324. The van der Waals surface area contributed by atoms with Crippen LogP contribution in [0.3, 0.4) is 0 Å². The molecule has 0 atom stereocenters. The quantitative estimate of drug-likeness (QED) is 0.480. The Kier molecular flexibility index (Phi) is 5.37. The molecule has 0 aliphatic carbocycles. The minimum Gasteiger partial charge on any atom is -0.349 e. The van der Waals surface area contributed by atoms with Gasteiger partial charge in [0.2, 0.25) is 11.7 Å². The first-order valence-corrected chi connectivity index (χ1v) is 5.76. The smallest absolute Gasteiger partial charge is 0.305 e. The Morgan fingerprint density at radius 3 is 2.74 bits per heavy atom. The van der Waals surface area contributed by atoms with E-state index in [0.717, 1.165) is 6.07 Å². The van der Waals surface area contributed by atoms with Crippen molar-refractivity contribution in [1.82, 2.24) is 10.2 Å². The predicted molar refractivity (Wildman–Crippen MR) is 68.1 cm³/mol. The highest BCUT2D eigenvalue weighted by Gasteiger charge is 2.16. The van der Waals surface area contributed by atoms with Gasteiger partial charge in [0, 0.05) is 45.2 Å². The van der Waals surface area contributed by atoms with Crippen molar-refractivity contribution >= 4 is 11.6 Å². The van der Waals surface area contributed by atoms with E-state index in [1.165, 1.54) is 17.0 Å². The Bertz CT molecular complexity index is 477. The number of nitrogens with one attached hydrogen (secondary N) is 1. The highest BCUT2D eigenvalue weighted by molar-refractivity contribution is 5.75. The van der Waals surface area contributed by atoms with Crippen LogP contribution in [-0.4, -0.2) is 36.4 Å². The lowest BCUT2D eigenvalue weighted by Gasteiger charge is -2.10. The zero-order valence-electron chi connectivity index (χ0n) is 10.9. The summed E-state index contributed by atoms with van der Waals surface area (Å²) in [6.45, 7) is 0.535. The van der Waals surface area contributed by atoms with Crippen LogP contribution in [0.4, 0.5) is 10.1 Å². The van der Waals surface area contributed by atoms with E-state index in [4.69, 9.17) is 0 Å². The lowest BCUT2D eigenvalue weighted by molar-refractivity contribution is -0.387. The number of benzene rings is 1. The van der Waals surface area contributed by atoms with Gasteiger partial charge in [-0.1, -0.05) is 12.1 Å². The molecule has 1 aromatic carbocycles. The summed E-state index contributed by atoms with van der Waals surface area (Å²) in [7, 11) is 3.31. The van der Waals surface area contributed by atoms with E-state index in [9.17, 15) is 19.3 Å². The van der Waals surface area contributed by atoms with Crippen LogP contribution in [0.15, 0.2) is 18.2 Å². The third-order valence-corrected chi connectivity index (χ3v) is 2.58. The lowest BCUT2D eigenvalue weighted by Crippen LogP contribution is -2.26. The SMILES string of the molecule is CN(C)C(=O)CCNCc1cccc([N+](=O)[O-])c1F. The zero-order valence-corrected chi connectivity index (χ0v) is 10.9. The van der Waals surface area contributed by atoms with E-state index in [2.05, 4.69) is 5.32 Å². The second-order valence-corrected chi connectivity index (χ2v) is 4.22. The summed E-state index contributed by atoms with van der Waals surface area (Å²) >= 11 is 0. The molecule has 0 aliphatic heterocycles. The fourth-order valence-corrected chi connectivity index (χ4v) is 1.49. The third-order valence-electron chi connectivity index (χ3n) is 2.58. The molecule has 6 nitrogen and oxygen atoms in total. The Morgan fingerprint density at radius 2 is 2.16 bits per heavy atom. The maximum Gasteiger partial charge on any atom is 0.305 e. The highest BCUT2D eigenvalue weighted by Crippen LogP contribution is 2.19. The van der Waals surface area contributed by atoms with Gasteiger partial charge in [-0.3, -0.25) is 14.9 Å². The predicted octanol–water partition coefficient (Wildman–Crippen LogP) is 1.30. The fraction of sp³-hybridized carbons (Fsp3) is 0.417. The van der Waals surface area contributed by atoms with Crippen molar-refractivity contribution in [1.29, 1.82) is 0 Å². The van der Waals surface area contributed by atoms with Gasteiger partial charge < -0.3 is 10.2 Å². The molecule has 1 aromatic rings. The van der Waals surface area contributed by atoms with Crippen LogP contribution in [0.2, 0.25) is 0 Å². The van der Waals surface area contributed by atoms with E-state index in [-0.39, 0.29) is 18.0 Å². The average Bonchev–Trinajstić information content (AvgIpc) is 2.35. The molecule has 0 aliphatic rings. The van der Waals surface area contributed by atoms with Gasteiger partial charge in [-0.15, -0.1) is 0 Å². The van der Waals surface area contributed by atoms with Gasteiger partial charge in [0.1, 0.15) is 0 Å². The van der Waals surface area contributed by atoms with Gasteiger partial charge >= 0.3 is 5.69 Å². The largest absolute Gasteiger partial charge is 0.349 e. The number of hydrogen-bond acceptors (Lipinski definition) is 4. The van der Waals surface area contributed by atoms with Crippen LogP contribution >= 0.6 is 0 Å². The summed E-state index contributed by atoms with van der Waals surface area (Å²) in [5, 5.41) is 13.4. The Labute approximate surface area is 110 Å². The van der Waals surface area contributed by atoms with Crippen molar-refractivity contribution in [3.05, 3.63) is 39.7 Å². The minimum atomic E-state index is -0.834. The average molecular weight is 269 g/mol. The first kappa shape index (κ1) is 15.0. The van der Waals surface area contributed by atoms with Crippen LogP contribution in [0.25, 0.3) is 0 Å². The van der Waals surface area contributed by atoms with Crippen LogP contribution < -0.4 is 5.32 Å². The first-order valence-electron chi connectivity index (χ1n) is 5.76. The molecular formula is C12H16FN3O3. The normalized spacial score (nSPS) is 10.3. The van der Waals surface area contributed by atoms with E-state index >= 15 is 0 Å². The summed E-state index contributed by atoms with van der Waals surface area (Å²) < 4.78 is 13.7. The monoisotopic (exact) mass is 269 g/mol. The molecule has 19 heavy (non-hydrogen) atoms. The number of nitro groups is 1. The number of hydrogen-bond donors (Lipinski definition) is 1. The first-order chi connectivity index (χ1) is 8.93. The van der Waals surface area contributed by atoms with Gasteiger partial charge in [-0.25, -0.2) is 0 Å². The van der Waals surface area contributed by atoms with Crippen LogP contribution in [0.5, 0.6) is 0 Å². The van der Waals surface area contributed by atoms with Gasteiger partial charge in [-0.2, -0.15) is 4.39 Å². The number of carbonyl (C=O) groups excluding carboxylic acids is 1. The summed E-state index contributed by atoms with van der Waals surface area (Å²) in [6, 6.07) is 4.03. The van der Waals surface area contributed by atoms with Crippen molar-refractivity contribution in [2.75, 3.05) is 20.6 Å². The highest BCUT2D eigenvalue weighted by atomic mass is 19.1. The van der Waals surface area contributed by atoms with Crippen LogP contribution in [-0.2, 0) is 11.3 Å². The molecule has 0 heterocycles. The van der Waals surface area contributed by atoms with Crippen molar-refractivity contribution in [2.45, 2.75) is 13.0 Å². The van der Waals surface area contributed by atoms with Crippen LogP contribution in [0, 0.1) is 15.9 Å². The molecule has 1 rings (SSSR count). The molecule has 1 amide bonds. The molecular weight excluding hydrogens is 253 g/mol. The van der Waals surface area contributed by atoms with Crippen LogP contribution in [0.1, 0.15) is 12.0 Å². The second kappa shape index (κ2) is 6.79. The summed E-state index contributed by atoms with van der Waals surface area (Å²) in [5.74, 6) is -0.869. The molecule has 104 valence electrons. The molecule has 0 fully saturated rings. The van der Waals surface area contributed by atoms with Crippen molar-refractivity contribution < 1.29 is 14.1 Å². The molecule has 1 N–H and O–H groups in total. The number of halogens is 1. The number of nitrogens with zero attached hydrogens (tertiary/aromatic N) is 2.